The smallest absolute Gasteiger partial charge is 0.124 e. The number of nitrogens with zero attached hydrogens (tertiary/aromatic N) is 1. The number of nitrogen functional groups attached to an aromatic ring is 1. The molecular formula is C16H18ClFN2. The van der Waals surface area contributed by atoms with Gasteiger partial charge in [-0.1, -0.05) is 24.6 Å². The highest BCUT2D eigenvalue weighted by Crippen LogP contribution is 2.23. The van der Waals surface area contributed by atoms with Crippen molar-refractivity contribution in [2.75, 3.05) is 17.2 Å². The molecule has 0 radical (unpaired) electrons. The van der Waals surface area contributed by atoms with Crippen molar-refractivity contribution in [2.24, 2.45) is 0 Å². The first-order chi connectivity index (χ1) is 9.60. The number of anilines is 2. The average Bonchev–Trinajstić information content (AvgIpc) is 2.42. The third-order valence-electron chi connectivity index (χ3n) is 3.13. The monoisotopic (exact) mass is 292 g/mol. The van der Waals surface area contributed by atoms with Crippen LogP contribution in [0.4, 0.5) is 15.8 Å². The number of nitrogens with two attached hydrogens (primary N) is 1. The van der Waals surface area contributed by atoms with Gasteiger partial charge in [0.1, 0.15) is 5.82 Å². The van der Waals surface area contributed by atoms with Gasteiger partial charge >= 0.3 is 0 Å². The van der Waals surface area contributed by atoms with Crippen molar-refractivity contribution in [1.82, 2.24) is 0 Å². The number of benzene rings is 2. The van der Waals surface area contributed by atoms with E-state index >= 15 is 0 Å². The van der Waals surface area contributed by atoms with Crippen LogP contribution in [0.1, 0.15) is 18.9 Å². The molecule has 0 amide bonds. The van der Waals surface area contributed by atoms with E-state index in [1.165, 1.54) is 12.1 Å². The van der Waals surface area contributed by atoms with Crippen molar-refractivity contribution >= 4 is 23.0 Å². The Morgan fingerprint density at radius 2 is 1.85 bits per heavy atom. The van der Waals surface area contributed by atoms with Gasteiger partial charge in [0, 0.05) is 29.5 Å². The molecule has 4 heteroatoms. The minimum atomic E-state index is -0.312. The summed E-state index contributed by atoms with van der Waals surface area (Å²) in [5.41, 5.74) is 8.45. The number of hydrogen-bond acceptors (Lipinski definition) is 2. The Bertz CT molecular complexity index is 569. The topological polar surface area (TPSA) is 29.3 Å². The van der Waals surface area contributed by atoms with E-state index < -0.39 is 0 Å². The molecule has 0 saturated heterocycles. The van der Waals surface area contributed by atoms with Crippen LogP contribution in [0.5, 0.6) is 0 Å². The van der Waals surface area contributed by atoms with Crippen LogP contribution in [0.3, 0.4) is 0 Å². The van der Waals surface area contributed by atoms with Crippen molar-refractivity contribution in [3.8, 4) is 0 Å². The van der Waals surface area contributed by atoms with Gasteiger partial charge in [-0.05, 0) is 48.4 Å². The molecule has 2 rings (SSSR count). The molecule has 2 aromatic carbocycles. The van der Waals surface area contributed by atoms with E-state index in [9.17, 15) is 4.39 Å². The van der Waals surface area contributed by atoms with E-state index in [4.69, 9.17) is 17.3 Å². The third kappa shape index (κ3) is 3.64. The summed E-state index contributed by atoms with van der Waals surface area (Å²) in [6, 6.07) is 12.3. The van der Waals surface area contributed by atoms with Gasteiger partial charge in [-0.3, -0.25) is 0 Å². The van der Waals surface area contributed by atoms with Gasteiger partial charge in [0.2, 0.25) is 0 Å². The summed E-state index contributed by atoms with van der Waals surface area (Å²) in [5, 5.41) is 0.460. The third-order valence-corrected chi connectivity index (χ3v) is 3.48. The molecule has 0 saturated carbocycles. The van der Waals surface area contributed by atoms with Crippen LogP contribution in [0.2, 0.25) is 5.02 Å². The Hall–Kier alpha value is -1.74. The molecular weight excluding hydrogens is 275 g/mol. The Balaban J connectivity index is 2.22. The minimum absolute atomic E-state index is 0.312. The summed E-state index contributed by atoms with van der Waals surface area (Å²) < 4.78 is 13.1. The molecule has 0 bridgehead atoms. The molecule has 2 aromatic rings. The second kappa shape index (κ2) is 6.62. The van der Waals surface area contributed by atoms with Crippen molar-refractivity contribution < 1.29 is 4.39 Å². The first-order valence-corrected chi connectivity index (χ1v) is 7.02. The van der Waals surface area contributed by atoms with Gasteiger partial charge in [-0.2, -0.15) is 0 Å². The lowest BCUT2D eigenvalue weighted by Gasteiger charge is -2.25. The normalized spacial score (nSPS) is 10.6. The number of hydrogen-bond donors (Lipinski definition) is 1. The highest BCUT2D eigenvalue weighted by molar-refractivity contribution is 6.31. The summed E-state index contributed by atoms with van der Waals surface area (Å²) in [6.45, 7) is 3.67. The first-order valence-electron chi connectivity index (χ1n) is 6.64. The van der Waals surface area contributed by atoms with Crippen LogP contribution in [-0.2, 0) is 6.54 Å². The zero-order chi connectivity index (χ0) is 14.5. The fraction of sp³-hybridized carbons (Fsp3) is 0.250. The molecule has 0 aliphatic rings. The predicted molar refractivity (Wildman–Crippen MR) is 83.6 cm³/mol. The largest absolute Gasteiger partial charge is 0.399 e. The van der Waals surface area contributed by atoms with Gasteiger partial charge in [-0.25, -0.2) is 4.39 Å². The van der Waals surface area contributed by atoms with E-state index in [1.54, 1.807) is 6.07 Å². The Kier molecular flexibility index (Phi) is 4.85. The lowest BCUT2D eigenvalue weighted by Crippen LogP contribution is -2.23. The molecule has 106 valence electrons. The van der Waals surface area contributed by atoms with Crippen molar-refractivity contribution in [3.05, 3.63) is 58.9 Å². The van der Waals surface area contributed by atoms with E-state index in [2.05, 4.69) is 11.8 Å². The van der Waals surface area contributed by atoms with Crippen molar-refractivity contribution in [3.63, 3.8) is 0 Å². The molecule has 0 unspecified atom stereocenters. The zero-order valence-corrected chi connectivity index (χ0v) is 12.2. The lowest BCUT2D eigenvalue weighted by atomic mass is 10.1. The Labute approximate surface area is 124 Å². The van der Waals surface area contributed by atoms with Crippen LogP contribution in [-0.4, -0.2) is 6.54 Å². The fourth-order valence-corrected chi connectivity index (χ4v) is 2.34. The summed E-state index contributed by atoms with van der Waals surface area (Å²) in [5.74, 6) is -0.312. The number of halogens is 2. The lowest BCUT2D eigenvalue weighted by molar-refractivity contribution is 0.626. The molecule has 0 fully saturated rings. The second-order valence-corrected chi connectivity index (χ2v) is 5.16. The highest BCUT2D eigenvalue weighted by atomic mass is 35.5. The van der Waals surface area contributed by atoms with E-state index in [0.717, 1.165) is 29.9 Å². The van der Waals surface area contributed by atoms with Crippen LogP contribution in [0.15, 0.2) is 42.5 Å². The van der Waals surface area contributed by atoms with Crippen molar-refractivity contribution in [2.45, 2.75) is 19.9 Å². The average molecular weight is 293 g/mol. The van der Waals surface area contributed by atoms with E-state index in [-0.39, 0.29) is 5.82 Å². The molecule has 0 aliphatic carbocycles. The van der Waals surface area contributed by atoms with Crippen LogP contribution in [0.25, 0.3) is 0 Å². The fourth-order valence-electron chi connectivity index (χ4n) is 2.11. The Morgan fingerprint density at radius 1 is 1.15 bits per heavy atom. The summed E-state index contributed by atoms with van der Waals surface area (Å²) >= 11 is 6.10. The maximum Gasteiger partial charge on any atom is 0.124 e. The quantitative estimate of drug-likeness (QED) is 0.823. The molecule has 0 aliphatic heterocycles. The molecule has 20 heavy (non-hydrogen) atoms. The Morgan fingerprint density at radius 3 is 2.45 bits per heavy atom. The maximum atomic E-state index is 13.1. The zero-order valence-electron chi connectivity index (χ0n) is 11.4. The SMILES string of the molecule is CCCN(Cc1ccc(F)cc1Cl)c1ccc(N)cc1. The van der Waals surface area contributed by atoms with E-state index in [0.29, 0.717) is 11.6 Å². The highest BCUT2D eigenvalue weighted by Gasteiger charge is 2.09. The first kappa shape index (κ1) is 14.7. The van der Waals surface area contributed by atoms with Gasteiger partial charge in [0.05, 0.1) is 0 Å². The van der Waals surface area contributed by atoms with Crippen LogP contribution >= 0.6 is 11.6 Å². The molecule has 2 nitrogen and oxygen atoms in total. The molecule has 0 spiro atoms. The van der Waals surface area contributed by atoms with E-state index in [1.807, 2.05) is 24.3 Å². The standard InChI is InChI=1S/C16H18ClFN2/c1-2-9-20(15-7-5-14(19)6-8-15)11-12-3-4-13(18)10-16(12)17/h3-8,10H,2,9,11,19H2,1H3. The van der Waals surface area contributed by atoms with Crippen molar-refractivity contribution in [1.29, 1.82) is 0 Å². The summed E-state index contributed by atoms with van der Waals surface area (Å²) in [4.78, 5) is 2.21. The second-order valence-electron chi connectivity index (χ2n) is 4.75. The predicted octanol–water partition coefficient (Wildman–Crippen LogP) is 4.48. The summed E-state index contributed by atoms with van der Waals surface area (Å²) in [7, 11) is 0. The molecule has 0 atom stereocenters. The van der Waals surface area contributed by atoms with Gasteiger partial charge < -0.3 is 10.6 Å². The molecule has 2 N–H and O–H groups in total. The minimum Gasteiger partial charge on any atom is -0.399 e. The molecule has 0 heterocycles. The van der Waals surface area contributed by atoms with Crippen LogP contribution in [0, 0.1) is 5.82 Å². The molecule has 0 aromatic heterocycles. The summed E-state index contributed by atoms with van der Waals surface area (Å²) in [6.07, 6.45) is 1.02. The van der Waals surface area contributed by atoms with Crippen LogP contribution < -0.4 is 10.6 Å². The van der Waals surface area contributed by atoms with Gasteiger partial charge in [0.25, 0.3) is 0 Å². The number of rotatable bonds is 5. The van der Waals surface area contributed by atoms with Gasteiger partial charge in [0.15, 0.2) is 0 Å². The van der Waals surface area contributed by atoms with Gasteiger partial charge in [-0.15, -0.1) is 0 Å². The maximum absolute atomic E-state index is 13.1.